The molecule has 0 unspecified atom stereocenters. The van der Waals surface area contributed by atoms with Crippen molar-refractivity contribution in [3.8, 4) is 11.5 Å². The quantitative estimate of drug-likeness (QED) is 0.790. The van der Waals surface area contributed by atoms with E-state index in [0.29, 0.717) is 17.1 Å². The molecule has 27 heavy (non-hydrogen) atoms. The van der Waals surface area contributed by atoms with Gasteiger partial charge in [0, 0.05) is 24.8 Å². The third kappa shape index (κ3) is 4.49. The topological polar surface area (TPSA) is 79.9 Å². The molecule has 2 amide bonds. The van der Waals surface area contributed by atoms with Gasteiger partial charge < -0.3 is 14.4 Å². The maximum Gasteiger partial charge on any atom is 0.283 e. The van der Waals surface area contributed by atoms with Gasteiger partial charge in [0.15, 0.2) is 11.5 Å². The van der Waals surface area contributed by atoms with Crippen LogP contribution in [-0.4, -0.2) is 38.1 Å². The largest absolute Gasteiger partial charge is 0.485 e. The minimum Gasteiger partial charge on any atom is -0.485 e. The van der Waals surface area contributed by atoms with Gasteiger partial charge in [-0.05, 0) is 42.8 Å². The van der Waals surface area contributed by atoms with E-state index >= 15 is 0 Å². The van der Waals surface area contributed by atoms with Crippen molar-refractivity contribution in [2.75, 3.05) is 25.1 Å². The zero-order chi connectivity index (χ0) is 19.2. The Hall–Kier alpha value is -3.22. The Kier molecular flexibility index (Phi) is 5.80. The monoisotopic (exact) mass is 369 g/mol. The van der Waals surface area contributed by atoms with Crippen LogP contribution in [0.25, 0.3) is 0 Å². The highest BCUT2D eigenvalue weighted by molar-refractivity contribution is 5.96. The van der Waals surface area contributed by atoms with Gasteiger partial charge in [0.1, 0.15) is 6.61 Å². The number of benzene rings is 2. The first-order valence-corrected chi connectivity index (χ1v) is 8.88. The molecule has 7 heteroatoms. The van der Waals surface area contributed by atoms with Crippen LogP contribution in [0.4, 0.5) is 5.69 Å². The van der Waals surface area contributed by atoms with Gasteiger partial charge >= 0.3 is 0 Å². The van der Waals surface area contributed by atoms with Gasteiger partial charge in [0.05, 0.1) is 0 Å². The predicted octanol–water partition coefficient (Wildman–Crippen LogP) is 2.13. The third-order valence-corrected chi connectivity index (χ3v) is 4.23. The van der Waals surface area contributed by atoms with Crippen molar-refractivity contribution in [3.05, 3.63) is 54.1 Å². The molecule has 0 bridgehead atoms. The summed E-state index contributed by atoms with van der Waals surface area (Å²) in [5.74, 6) is 0.225. The number of rotatable bonds is 5. The van der Waals surface area contributed by atoms with E-state index in [1.165, 1.54) is 0 Å². The molecule has 1 aliphatic rings. The van der Waals surface area contributed by atoms with Crippen molar-refractivity contribution in [2.24, 2.45) is 0 Å². The molecular formula is C20H23N3O4. The summed E-state index contributed by atoms with van der Waals surface area (Å²) in [5, 5.41) is 0. The first kappa shape index (κ1) is 18.6. The number of hydrogen-bond acceptors (Lipinski definition) is 5. The highest BCUT2D eigenvalue weighted by Crippen LogP contribution is 2.30. The molecule has 0 spiro atoms. The van der Waals surface area contributed by atoms with Gasteiger partial charge in [-0.2, -0.15) is 0 Å². The SMILES string of the molecule is CCCN(C)c1ccc(C(=O)NNC(=O)[C@@H]2COc3ccccc3O2)cc1. The number of para-hydroxylation sites is 2. The molecule has 1 atom stereocenters. The number of hydrazine groups is 1. The van der Waals surface area contributed by atoms with Gasteiger partial charge in [0.25, 0.3) is 11.8 Å². The van der Waals surface area contributed by atoms with Crippen molar-refractivity contribution in [1.82, 2.24) is 10.9 Å². The standard InChI is InChI=1S/C20H23N3O4/c1-3-12-23(2)15-10-8-14(9-11-15)19(24)21-22-20(25)18-13-26-16-6-4-5-7-17(16)27-18/h4-11,18H,3,12-13H2,1-2H3,(H,21,24)(H,22,25)/t18-/m0/s1. The minimum absolute atomic E-state index is 0.0805. The molecule has 1 heterocycles. The predicted molar refractivity (Wildman–Crippen MR) is 102 cm³/mol. The van der Waals surface area contributed by atoms with Gasteiger partial charge in [-0.25, -0.2) is 0 Å². The number of hydrogen-bond donors (Lipinski definition) is 2. The van der Waals surface area contributed by atoms with E-state index in [2.05, 4.69) is 22.7 Å². The maximum atomic E-state index is 12.2. The molecule has 0 saturated carbocycles. The number of nitrogens with zero attached hydrogens (tertiary/aromatic N) is 1. The van der Waals surface area contributed by atoms with Crippen LogP contribution in [0.1, 0.15) is 23.7 Å². The number of carbonyl (C=O) groups excluding carboxylic acids is 2. The molecule has 0 aromatic heterocycles. The Balaban J connectivity index is 1.52. The van der Waals surface area contributed by atoms with Crippen LogP contribution in [0.2, 0.25) is 0 Å². The molecular weight excluding hydrogens is 346 g/mol. The van der Waals surface area contributed by atoms with E-state index < -0.39 is 17.9 Å². The van der Waals surface area contributed by atoms with Gasteiger partial charge in [-0.15, -0.1) is 0 Å². The van der Waals surface area contributed by atoms with Gasteiger partial charge in [-0.1, -0.05) is 19.1 Å². The van der Waals surface area contributed by atoms with Crippen molar-refractivity contribution in [1.29, 1.82) is 0 Å². The molecule has 2 N–H and O–H groups in total. The molecule has 1 aliphatic heterocycles. The van der Waals surface area contributed by atoms with Crippen molar-refractivity contribution < 1.29 is 19.1 Å². The Morgan fingerprint density at radius 1 is 1.07 bits per heavy atom. The second-order valence-electron chi connectivity index (χ2n) is 6.28. The maximum absolute atomic E-state index is 12.2. The van der Waals surface area contributed by atoms with E-state index in [-0.39, 0.29) is 6.61 Å². The Morgan fingerprint density at radius 3 is 2.48 bits per heavy atom. The average Bonchev–Trinajstić information content (AvgIpc) is 2.71. The van der Waals surface area contributed by atoms with Gasteiger partial charge in [-0.3, -0.25) is 20.4 Å². The summed E-state index contributed by atoms with van der Waals surface area (Å²) in [6.45, 7) is 3.13. The lowest BCUT2D eigenvalue weighted by atomic mass is 10.2. The Morgan fingerprint density at radius 2 is 1.78 bits per heavy atom. The molecule has 7 nitrogen and oxygen atoms in total. The lowest BCUT2D eigenvalue weighted by Crippen LogP contribution is -2.50. The average molecular weight is 369 g/mol. The second-order valence-corrected chi connectivity index (χ2v) is 6.28. The number of amides is 2. The van der Waals surface area contributed by atoms with Crippen molar-refractivity contribution in [2.45, 2.75) is 19.4 Å². The molecule has 2 aromatic carbocycles. The number of carbonyl (C=O) groups is 2. The fourth-order valence-corrected chi connectivity index (χ4v) is 2.75. The second kappa shape index (κ2) is 8.44. The fourth-order valence-electron chi connectivity index (χ4n) is 2.75. The minimum atomic E-state index is -0.828. The molecule has 2 aromatic rings. The first-order valence-electron chi connectivity index (χ1n) is 8.88. The molecule has 0 radical (unpaired) electrons. The first-order chi connectivity index (χ1) is 13.1. The lowest BCUT2D eigenvalue weighted by molar-refractivity contribution is -0.131. The molecule has 0 aliphatic carbocycles. The number of fused-ring (bicyclic) bond motifs is 1. The van der Waals surface area contributed by atoms with Crippen LogP contribution < -0.4 is 25.2 Å². The van der Waals surface area contributed by atoms with Crippen molar-refractivity contribution >= 4 is 17.5 Å². The van der Waals surface area contributed by atoms with Crippen LogP contribution in [0.5, 0.6) is 11.5 Å². The zero-order valence-corrected chi connectivity index (χ0v) is 15.4. The fraction of sp³-hybridized carbons (Fsp3) is 0.300. The third-order valence-electron chi connectivity index (χ3n) is 4.23. The van der Waals surface area contributed by atoms with E-state index in [9.17, 15) is 9.59 Å². The van der Waals surface area contributed by atoms with Crippen LogP contribution >= 0.6 is 0 Å². The van der Waals surface area contributed by atoms with E-state index in [0.717, 1.165) is 18.7 Å². The summed E-state index contributed by atoms with van der Waals surface area (Å²) in [5.41, 5.74) is 6.28. The summed E-state index contributed by atoms with van der Waals surface area (Å²) in [6.07, 6.45) is 0.215. The summed E-state index contributed by atoms with van der Waals surface area (Å²) in [4.78, 5) is 26.6. The zero-order valence-electron chi connectivity index (χ0n) is 15.4. The number of anilines is 1. The Labute approximate surface area is 158 Å². The van der Waals surface area contributed by atoms with Gasteiger partial charge in [0.2, 0.25) is 6.10 Å². The van der Waals surface area contributed by atoms with E-state index in [1.54, 1.807) is 30.3 Å². The normalized spacial score (nSPS) is 15.0. The molecule has 0 fully saturated rings. The van der Waals surface area contributed by atoms with E-state index in [4.69, 9.17) is 9.47 Å². The highest BCUT2D eigenvalue weighted by atomic mass is 16.6. The summed E-state index contributed by atoms with van der Waals surface area (Å²) < 4.78 is 11.1. The summed E-state index contributed by atoms with van der Waals surface area (Å²) in [7, 11) is 2.00. The van der Waals surface area contributed by atoms with E-state index in [1.807, 2.05) is 25.2 Å². The van der Waals surface area contributed by atoms with Crippen LogP contribution in [0.3, 0.4) is 0 Å². The molecule has 0 saturated heterocycles. The Bertz CT molecular complexity index is 807. The number of nitrogens with one attached hydrogen (secondary N) is 2. The molecule has 3 rings (SSSR count). The summed E-state index contributed by atoms with van der Waals surface area (Å²) >= 11 is 0. The van der Waals surface area contributed by atoms with Crippen LogP contribution in [-0.2, 0) is 4.79 Å². The number of ether oxygens (including phenoxy) is 2. The lowest BCUT2D eigenvalue weighted by Gasteiger charge is -2.25. The highest BCUT2D eigenvalue weighted by Gasteiger charge is 2.27. The van der Waals surface area contributed by atoms with Crippen molar-refractivity contribution in [3.63, 3.8) is 0 Å². The van der Waals surface area contributed by atoms with Crippen LogP contribution in [0.15, 0.2) is 48.5 Å². The van der Waals surface area contributed by atoms with Crippen LogP contribution in [0, 0.1) is 0 Å². The summed E-state index contributed by atoms with van der Waals surface area (Å²) in [6, 6.07) is 14.3. The molecule has 142 valence electrons. The smallest absolute Gasteiger partial charge is 0.283 e.